The van der Waals surface area contributed by atoms with Crippen LogP contribution in [0.2, 0.25) is 0 Å². The molecule has 1 aromatic heterocycles. The third-order valence-corrected chi connectivity index (χ3v) is 4.06. The largest absolute Gasteiger partial charge is 0.317 e. The number of hydrogen-bond acceptors (Lipinski definition) is 2. The maximum atomic E-state index is 4.72. The van der Waals surface area contributed by atoms with Crippen LogP contribution in [0.3, 0.4) is 0 Å². The van der Waals surface area contributed by atoms with Gasteiger partial charge in [0.25, 0.3) is 0 Å². The van der Waals surface area contributed by atoms with Gasteiger partial charge in [0.2, 0.25) is 0 Å². The van der Waals surface area contributed by atoms with Crippen LogP contribution < -0.4 is 5.32 Å². The van der Waals surface area contributed by atoms with E-state index in [1.54, 1.807) is 0 Å². The minimum absolute atomic E-state index is 0. The molecule has 1 aromatic carbocycles. The summed E-state index contributed by atoms with van der Waals surface area (Å²) in [5.41, 5.74) is 2.49. The standard InChI is InChI=1S/C13H16BrN3.ClH/c1-17-12-8-10(14)2-3-11(12)13(16-17)9-4-6-15-7-5-9;/h2-3,8-9,15H,4-7H2,1H3;1H. The van der Waals surface area contributed by atoms with E-state index in [2.05, 4.69) is 39.4 Å². The Hall–Kier alpha value is -0.580. The number of nitrogens with one attached hydrogen (secondary N) is 1. The number of hydrogen-bond donors (Lipinski definition) is 1. The van der Waals surface area contributed by atoms with E-state index in [9.17, 15) is 0 Å². The SMILES string of the molecule is Cl.Cn1nc(C2CCNCC2)c2ccc(Br)cc21. The van der Waals surface area contributed by atoms with Gasteiger partial charge in [-0.25, -0.2) is 0 Å². The lowest BCUT2D eigenvalue weighted by Crippen LogP contribution is -2.26. The molecular weight excluding hydrogens is 314 g/mol. The average Bonchev–Trinajstić information content (AvgIpc) is 2.68. The summed E-state index contributed by atoms with van der Waals surface area (Å²) < 4.78 is 3.11. The fourth-order valence-electron chi connectivity index (χ4n) is 2.66. The van der Waals surface area contributed by atoms with E-state index in [-0.39, 0.29) is 12.4 Å². The van der Waals surface area contributed by atoms with Gasteiger partial charge >= 0.3 is 0 Å². The number of aryl methyl sites for hydroxylation is 1. The number of halogens is 2. The first-order valence-corrected chi connectivity index (χ1v) is 6.88. The van der Waals surface area contributed by atoms with Crippen LogP contribution in [0.5, 0.6) is 0 Å². The summed E-state index contributed by atoms with van der Waals surface area (Å²) in [6, 6.07) is 6.44. The van der Waals surface area contributed by atoms with E-state index < -0.39 is 0 Å². The minimum atomic E-state index is 0. The Morgan fingerprint density at radius 1 is 1.33 bits per heavy atom. The van der Waals surface area contributed by atoms with Gasteiger partial charge in [0.05, 0.1) is 11.2 Å². The second kappa shape index (κ2) is 5.59. The molecule has 3 rings (SSSR count). The van der Waals surface area contributed by atoms with Crippen molar-refractivity contribution >= 4 is 39.2 Å². The predicted octanol–water partition coefficient (Wildman–Crippen LogP) is 3.22. The van der Waals surface area contributed by atoms with Crippen molar-refractivity contribution in [1.29, 1.82) is 0 Å². The van der Waals surface area contributed by atoms with Crippen molar-refractivity contribution in [2.24, 2.45) is 7.05 Å². The smallest absolute Gasteiger partial charge is 0.0735 e. The minimum Gasteiger partial charge on any atom is -0.317 e. The highest BCUT2D eigenvalue weighted by Crippen LogP contribution is 2.31. The quantitative estimate of drug-likeness (QED) is 0.870. The van der Waals surface area contributed by atoms with Crippen molar-refractivity contribution in [3.8, 4) is 0 Å². The Morgan fingerprint density at radius 2 is 2.06 bits per heavy atom. The molecule has 5 heteroatoms. The summed E-state index contributed by atoms with van der Waals surface area (Å²) in [6.45, 7) is 2.22. The zero-order valence-electron chi connectivity index (χ0n) is 10.3. The number of fused-ring (bicyclic) bond motifs is 1. The lowest BCUT2D eigenvalue weighted by atomic mass is 9.93. The van der Waals surface area contributed by atoms with Crippen LogP contribution in [0.4, 0.5) is 0 Å². The number of aromatic nitrogens is 2. The maximum absolute atomic E-state index is 4.72. The fourth-order valence-corrected chi connectivity index (χ4v) is 3.00. The molecule has 0 saturated carbocycles. The first-order chi connectivity index (χ1) is 8.25. The van der Waals surface area contributed by atoms with Crippen LogP contribution in [0, 0.1) is 0 Å². The maximum Gasteiger partial charge on any atom is 0.0735 e. The van der Waals surface area contributed by atoms with E-state index in [1.807, 2.05) is 11.7 Å². The molecule has 3 nitrogen and oxygen atoms in total. The Bertz CT molecular complexity index is 546. The molecule has 0 bridgehead atoms. The van der Waals surface area contributed by atoms with Gasteiger partial charge in [-0.2, -0.15) is 5.10 Å². The highest BCUT2D eigenvalue weighted by Gasteiger charge is 2.21. The molecule has 0 aliphatic carbocycles. The van der Waals surface area contributed by atoms with Crippen molar-refractivity contribution in [3.63, 3.8) is 0 Å². The molecule has 98 valence electrons. The molecule has 1 fully saturated rings. The monoisotopic (exact) mass is 329 g/mol. The third-order valence-electron chi connectivity index (χ3n) is 3.57. The van der Waals surface area contributed by atoms with Crippen LogP contribution in [-0.4, -0.2) is 22.9 Å². The first kappa shape index (κ1) is 13.8. The predicted molar refractivity (Wildman–Crippen MR) is 80.5 cm³/mol. The van der Waals surface area contributed by atoms with E-state index in [1.165, 1.54) is 29.4 Å². The summed E-state index contributed by atoms with van der Waals surface area (Å²) in [5.74, 6) is 0.612. The van der Waals surface area contributed by atoms with Gasteiger partial charge < -0.3 is 5.32 Å². The first-order valence-electron chi connectivity index (χ1n) is 6.08. The van der Waals surface area contributed by atoms with Crippen molar-refractivity contribution < 1.29 is 0 Å². The van der Waals surface area contributed by atoms with E-state index in [0.717, 1.165) is 17.6 Å². The number of piperidine rings is 1. The molecule has 2 aromatic rings. The molecule has 1 aliphatic heterocycles. The number of nitrogens with zero attached hydrogens (tertiary/aromatic N) is 2. The van der Waals surface area contributed by atoms with Gasteiger partial charge in [-0.1, -0.05) is 15.9 Å². The van der Waals surface area contributed by atoms with Gasteiger partial charge in [-0.15, -0.1) is 12.4 Å². The molecule has 0 amide bonds. The molecule has 1 N–H and O–H groups in total. The summed E-state index contributed by atoms with van der Waals surface area (Å²) in [7, 11) is 2.03. The highest BCUT2D eigenvalue weighted by molar-refractivity contribution is 9.10. The van der Waals surface area contributed by atoms with Crippen molar-refractivity contribution in [3.05, 3.63) is 28.4 Å². The summed E-state index contributed by atoms with van der Waals surface area (Å²) >= 11 is 3.52. The van der Waals surface area contributed by atoms with Crippen LogP contribution in [0.25, 0.3) is 10.9 Å². The molecule has 0 radical (unpaired) electrons. The van der Waals surface area contributed by atoms with Crippen molar-refractivity contribution in [2.75, 3.05) is 13.1 Å². The fraction of sp³-hybridized carbons (Fsp3) is 0.462. The van der Waals surface area contributed by atoms with Crippen molar-refractivity contribution in [1.82, 2.24) is 15.1 Å². The topological polar surface area (TPSA) is 29.9 Å². The van der Waals surface area contributed by atoms with E-state index in [0.29, 0.717) is 5.92 Å². The molecule has 2 heterocycles. The summed E-state index contributed by atoms with van der Waals surface area (Å²) in [4.78, 5) is 0. The van der Waals surface area contributed by atoms with Crippen LogP contribution in [-0.2, 0) is 7.05 Å². The van der Waals surface area contributed by atoms with Crippen molar-refractivity contribution in [2.45, 2.75) is 18.8 Å². The average molecular weight is 331 g/mol. The molecule has 0 spiro atoms. The lowest BCUT2D eigenvalue weighted by Gasteiger charge is -2.21. The van der Waals surface area contributed by atoms with Gasteiger partial charge in [-0.05, 0) is 44.1 Å². The Morgan fingerprint density at radius 3 is 2.78 bits per heavy atom. The van der Waals surface area contributed by atoms with Gasteiger partial charge in [0.1, 0.15) is 0 Å². The second-order valence-electron chi connectivity index (χ2n) is 4.69. The molecule has 1 aliphatic rings. The zero-order valence-corrected chi connectivity index (χ0v) is 12.7. The molecule has 0 unspecified atom stereocenters. The van der Waals surface area contributed by atoms with Crippen LogP contribution in [0.1, 0.15) is 24.5 Å². The summed E-state index contributed by atoms with van der Waals surface area (Å²) in [6.07, 6.45) is 2.39. The van der Waals surface area contributed by atoms with E-state index >= 15 is 0 Å². The van der Waals surface area contributed by atoms with Gasteiger partial charge in [0.15, 0.2) is 0 Å². The molecule has 0 atom stereocenters. The summed E-state index contributed by atoms with van der Waals surface area (Å²) in [5, 5.41) is 9.44. The van der Waals surface area contributed by atoms with E-state index in [4.69, 9.17) is 5.10 Å². The normalized spacial score (nSPS) is 16.8. The zero-order chi connectivity index (χ0) is 11.8. The Kier molecular flexibility index (Phi) is 4.30. The van der Waals surface area contributed by atoms with Gasteiger partial charge in [-0.3, -0.25) is 4.68 Å². The lowest BCUT2D eigenvalue weighted by molar-refractivity contribution is 0.452. The van der Waals surface area contributed by atoms with Gasteiger partial charge in [0, 0.05) is 22.8 Å². The molecule has 1 saturated heterocycles. The number of benzene rings is 1. The molecule has 18 heavy (non-hydrogen) atoms. The van der Waals surface area contributed by atoms with Crippen LogP contribution >= 0.6 is 28.3 Å². The van der Waals surface area contributed by atoms with Crippen LogP contribution in [0.15, 0.2) is 22.7 Å². The highest BCUT2D eigenvalue weighted by atomic mass is 79.9. The third kappa shape index (κ3) is 2.42. The number of rotatable bonds is 1. The second-order valence-corrected chi connectivity index (χ2v) is 5.61. The Labute approximate surface area is 121 Å². The molecular formula is C13H17BrClN3. The Balaban J connectivity index is 0.00000120.